The summed E-state index contributed by atoms with van der Waals surface area (Å²) in [5.74, 6) is 0.320. The SMILES string of the molecule is Oc1cccc(C(P)(P)CP)c1. The number of phenols is 1. The fourth-order valence-electron chi connectivity index (χ4n) is 0.913. The molecule has 0 saturated heterocycles. The molecule has 0 saturated carbocycles. The standard InChI is InChI=1S/C8H13OP3/c9-7-3-1-2-6(4-7)8(11,12)5-10/h1-4,9H,5,10-12H2. The van der Waals surface area contributed by atoms with Crippen molar-refractivity contribution < 1.29 is 5.11 Å². The molecule has 0 radical (unpaired) electrons. The zero-order chi connectivity index (χ0) is 9.19. The molecule has 4 heteroatoms. The molecule has 0 spiro atoms. The summed E-state index contributed by atoms with van der Waals surface area (Å²) in [5.41, 5.74) is 1.10. The van der Waals surface area contributed by atoms with Gasteiger partial charge in [0.1, 0.15) is 5.75 Å². The third-order valence-corrected chi connectivity index (χ3v) is 4.48. The maximum absolute atomic E-state index is 9.25. The maximum Gasteiger partial charge on any atom is 0.115 e. The van der Waals surface area contributed by atoms with Gasteiger partial charge in [0.15, 0.2) is 0 Å². The van der Waals surface area contributed by atoms with Gasteiger partial charge in [0, 0.05) is 4.90 Å². The predicted molar refractivity (Wildman–Crippen MR) is 63.8 cm³/mol. The Labute approximate surface area is 79.9 Å². The highest BCUT2D eigenvalue weighted by Gasteiger charge is 2.18. The molecule has 0 heterocycles. The van der Waals surface area contributed by atoms with E-state index in [1.165, 1.54) is 0 Å². The fraction of sp³-hybridized carbons (Fsp3) is 0.250. The van der Waals surface area contributed by atoms with Gasteiger partial charge < -0.3 is 5.11 Å². The molecule has 0 aliphatic carbocycles. The third-order valence-electron chi connectivity index (χ3n) is 1.72. The molecule has 1 rings (SSSR count). The Morgan fingerprint density at radius 3 is 2.50 bits per heavy atom. The first-order valence-corrected chi connectivity index (χ1v) is 5.61. The first-order chi connectivity index (χ1) is 5.56. The molecule has 3 unspecified atom stereocenters. The van der Waals surface area contributed by atoms with Crippen LogP contribution >= 0.6 is 27.7 Å². The van der Waals surface area contributed by atoms with Crippen molar-refractivity contribution in [3.05, 3.63) is 29.8 Å². The molecule has 1 aromatic carbocycles. The largest absolute Gasteiger partial charge is 0.508 e. The smallest absolute Gasteiger partial charge is 0.115 e. The normalized spacial score (nSPS) is 11.6. The average Bonchev–Trinajstić information content (AvgIpc) is 2.05. The van der Waals surface area contributed by atoms with E-state index < -0.39 is 0 Å². The van der Waals surface area contributed by atoms with Crippen LogP contribution in [0.5, 0.6) is 5.75 Å². The van der Waals surface area contributed by atoms with Gasteiger partial charge >= 0.3 is 0 Å². The molecule has 1 nitrogen and oxygen atoms in total. The molecule has 0 amide bonds. The van der Waals surface area contributed by atoms with E-state index >= 15 is 0 Å². The van der Waals surface area contributed by atoms with Crippen molar-refractivity contribution in [2.45, 2.75) is 4.90 Å². The minimum Gasteiger partial charge on any atom is -0.508 e. The highest BCUT2D eigenvalue weighted by Crippen LogP contribution is 2.40. The van der Waals surface area contributed by atoms with Gasteiger partial charge in [0.25, 0.3) is 0 Å². The quantitative estimate of drug-likeness (QED) is 0.754. The van der Waals surface area contributed by atoms with Crippen molar-refractivity contribution >= 4 is 27.7 Å². The van der Waals surface area contributed by atoms with Gasteiger partial charge in [-0.15, -0.1) is 27.7 Å². The first kappa shape index (κ1) is 10.4. The second kappa shape index (κ2) is 4.01. The number of aromatic hydroxyl groups is 1. The van der Waals surface area contributed by atoms with Crippen LogP contribution in [0.3, 0.4) is 0 Å². The molecular formula is C8H13OP3. The van der Waals surface area contributed by atoms with Gasteiger partial charge in [-0.25, -0.2) is 0 Å². The summed E-state index contributed by atoms with van der Waals surface area (Å²) >= 11 is 0. The molecule has 0 fully saturated rings. The van der Waals surface area contributed by atoms with Gasteiger partial charge in [0.05, 0.1) is 0 Å². The molecule has 1 aromatic rings. The van der Waals surface area contributed by atoms with Crippen LogP contribution in [0.15, 0.2) is 24.3 Å². The maximum atomic E-state index is 9.25. The van der Waals surface area contributed by atoms with Crippen molar-refractivity contribution in [3.8, 4) is 5.75 Å². The molecule has 0 aliphatic rings. The molecule has 0 bridgehead atoms. The number of hydrogen-bond acceptors (Lipinski definition) is 1. The predicted octanol–water partition coefficient (Wildman–Crippen LogP) is 2.17. The number of benzene rings is 1. The van der Waals surface area contributed by atoms with Crippen molar-refractivity contribution in [3.63, 3.8) is 0 Å². The van der Waals surface area contributed by atoms with E-state index in [4.69, 9.17) is 0 Å². The summed E-state index contributed by atoms with van der Waals surface area (Å²) in [5, 5.41) is 9.25. The summed E-state index contributed by atoms with van der Waals surface area (Å²) in [4.78, 5) is -0.0383. The summed E-state index contributed by atoms with van der Waals surface area (Å²) in [6.45, 7) is 0. The van der Waals surface area contributed by atoms with E-state index in [2.05, 4.69) is 27.7 Å². The van der Waals surface area contributed by atoms with Gasteiger partial charge in [0.2, 0.25) is 0 Å². The van der Waals surface area contributed by atoms with Gasteiger partial charge in [-0.1, -0.05) is 12.1 Å². The second-order valence-corrected chi connectivity index (χ2v) is 5.93. The fourth-order valence-corrected chi connectivity index (χ4v) is 1.51. The Morgan fingerprint density at radius 1 is 1.33 bits per heavy atom. The molecule has 0 aromatic heterocycles. The van der Waals surface area contributed by atoms with Crippen molar-refractivity contribution in [2.24, 2.45) is 0 Å². The second-order valence-electron chi connectivity index (χ2n) is 2.79. The molecule has 1 N–H and O–H groups in total. The summed E-state index contributed by atoms with van der Waals surface area (Å²) in [7, 11) is 8.21. The number of hydrogen-bond donors (Lipinski definition) is 1. The lowest BCUT2D eigenvalue weighted by Gasteiger charge is -2.22. The zero-order valence-corrected chi connectivity index (χ0v) is 10.2. The van der Waals surface area contributed by atoms with Crippen LogP contribution in [0.2, 0.25) is 0 Å². The van der Waals surface area contributed by atoms with Gasteiger partial charge in [-0.3, -0.25) is 0 Å². The average molecular weight is 218 g/mol. The third kappa shape index (κ3) is 2.40. The Kier molecular flexibility index (Phi) is 3.47. The van der Waals surface area contributed by atoms with Crippen LogP contribution in [0.4, 0.5) is 0 Å². The van der Waals surface area contributed by atoms with E-state index in [1.807, 2.05) is 12.1 Å². The van der Waals surface area contributed by atoms with E-state index in [1.54, 1.807) is 12.1 Å². The van der Waals surface area contributed by atoms with E-state index in [0.717, 1.165) is 11.7 Å². The van der Waals surface area contributed by atoms with E-state index in [0.29, 0.717) is 5.75 Å². The summed E-state index contributed by atoms with van der Waals surface area (Å²) in [6, 6.07) is 7.32. The lowest BCUT2D eigenvalue weighted by Crippen LogP contribution is -2.09. The highest BCUT2D eigenvalue weighted by molar-refractivity contribution is 7.40. The van der Waals surface area contributed by atoms with Gasteiger partial charge in [-0.05, 0) is 23.9 Å². The topological polar surface area (TPSA) is 20.2 Å². The van der Waals surface area contributed by atoms with Crippen LogP contribution < -0.4 is 0 Å². The Balaban J connectivity index is 3.03. The molecule has 3 atom stereocenters. The molecule has 66 valence electrons. The van der Waals surface area contributed by atoms with E-state index in [9.17, 15) is 5.11 Å². The zero-order valence-electron chi connectivity index (χ0n) is 6.70. The number of rotatable bonds is 2. The van der Waals surface area contributed by atoms with Crippen molar-refractivity contribution in [1.82, 2.24) is 0 Å². The summed E-state index contributed by atoms with van der Waals surface area (Å²) < 4.78 is 0. The van der Waals surface area contributed by atoms with Crippen LogP contribution in [0.1, 0.15) is 5.56 Å². The summed E-state index contributed by atoms with van der Waals surface area (Å²) in [6.07, 6.45) is 0.922. The Bertz CT molecular complexity index is 273. The lowest BCUT2D eigenvalue weighted by molar-refractivity contribution is 0.474. The Morgan fingerprint density at radius 2 is 2.00 bits per heavy atom. The van der Waals surface area contributed by atoms with Crippen LogP contribution in [0, 0.1) is 0 Å². The number of phenolic OH excluding ortho intramolecular Hbond substituents is 1. The van der Waals surface area contributed by atoms with Crippen LogP contribution in [-0.2, 0) is 4.90 Å². The van der Waals surface area contributed by atoms with Gasteiger partial charge in [-0.2, -0.15) is 0 Å². The Hall–Kier alpha value is 0.310. The minimum atomic E-state index is -0.0383. The van der Waals surface area contributed by atoms with E-state index in [-0.39, 0.29) is 4.90 Å². The lowest BCUT2D eigenvalue weighted by atomic mass is 10.1. The monoisotopic (exact) mass is 218 g/mol. The molecular weight excluding hydrogens is 205 g/mol. The molecule has 0 aliphatic heterocycles. The first-order valence-electron chi connectivity index (χ1n) is 3.63. The van der Waals surface area contributed by atoms with Crippen LogP contribution in [0.25, 0.3) is 0 Å². The van der Waals surface area contributed by atoms with Crippen molar-refractivity contribution in [2.75, 3.05) is 6.16 Å². The molecule has 12 heavy (non-hydrogen) atoms. The van der Waals surface area contributed by atoms with Crippen molar-refractivity contribution in [1.29, 1.82) is 0 Å². The highest BCUT2D eigenvalue weighted by atomic mass is 31.1. The van der Waals surface area contributed by atoms with Crippen LogP contribution in [-0.4, -0.2) is 11.3 Å². The minimum absolute atomic E-state index is 0.0383.